The van der Waals surface area contributed by atoms with Crippen LogP contribution in [0, 0.1) is 5.82 Å². The lowest BCUT2D eigenvalue weighted by atomic mass is 10.1. The van der Waals surface area contributed by atoms with Crippen molar-refractivity contribution in [2.75, 3.05) is 11.9 Å². The quantitative estimate of drug-likeness (QED) is 0.600. The van der Waals surface area contributed by atoms with Crippen molar-refractivity contribution < 1.29 is 4.39 Å². The molecule has 0 aromatic carbocycles. The number of anilines is 1. The van der Waals surface area contributed by atoms with Crippen molar-refractivity contribution in [1.82, 2.24) is 9.97 Å². The monoisotopic (exact) mass is 257 g/mol. The van der Waals surface area contributed by atoms with Crippen LogP contribution in [0.5, 0.6) is 0 Å². The molecule has 0 atom stereocenters. The third-order valence-corrected chi connectivity index (χ3v) is 3.58. The average molecular weight is 258 g/mol. The van der Waals surface area contributed by atoms with E-state index in [2.05, 4.69) is 9.97 Å². The van der Waals surface area contributed by atoms with Gasteiger partial charge < -0.3 is 4.90 Å². The molecule has 0 saturated heterocycles. The SMILES string of the molecule is CN(c1nc(Cl)ncc1F)C1CCCCCC1. The van der Waals surface area contributed by atoms with Crippen molar-refractivity contribution >= 4 is 17.4 Å². The van der Waals surface area contributed by atoms with E-state index in [9.17, 15) is 4.39 Å². The summed E-state index contributed by atoms with van der Waals surface area (Å²) < 4.78 is 13.7. The molecule has 0 bridgehead atoms. The van der Waals surface area contributed by atoms with Crippen molar-refractivity contribution in [3.05, 3.63) is 17.3 Å². The van der Waals surface area contributed by atoms with Crippen molar-refractivity contribution in [2.45, 2.75) is 44.6 Å². The van der Waals surface area contributed by atoms with E-state index >= 15 is 0 Å². The fourth-order valence-corrected chi connectivity index (χ4v) is 2.53. The predicted octanol–water partition coefficient (Wildman–Crippen LogP) is 3.43. The molecule has 1 fully saturated rings. The van der Waals surface area contributed by atoms with Gasteiger partial charge in [0.15, 0.2) is 11.6 Å². The topological polar surface area (TPSA) is 29.0 Å². The van der Waals surface area contributed by atoms with Crippen LogP contribution in [0.4, 0.5) is 10.2 Å². The van der Waals surface area contributed by atoms with Gasteiger partial charge in [-0.2, -0.15) is 4.98 Å². The summed E-state index contributed by atoms with van der Waals surface area (Å²) in [6, 6.07) is 0.359. The van der Waals surface area contributed by atoms with E-state index in [-0.39, 0.29) is 5.28 Å². The van der Waals surface area contributed by atoms with Crippen molar-refractivity contribution in [3.8, 4) is 0 Å². The first kappa shape index (κ1) is 12.6. The summed E-state index contributed by atoms with van der Waals surface area (Å²) in [4.78, 5) is 9.53. The second-order valence-corrected chi connectivity index (χ2v) is 4.90. The second-order valence-electron chi connectivity index (χ2n) is 4.57. The number of rotatable bonds is 2. The molecule has 0 amide bonds. The Morgan fingerprint density at radius 2 is 1.94 bits per heavy atom. The number of hydrogen-bond acceptors (Lipinski definition) is 3. The third-order valence-electron chi connectivity index (χ3n) is 3.40. The highest BCUT2D eigenvalue weighted by molar-refractivity contribution is 6.28. The second kappa shape index (κ2) is 5.63. The minimum Gasteiger partial charge on any atom is -0.354 e. The number of nitrogens with zero attached hydrogens (tertiary/aromatic N) is 3. The summed E-state index contributed by atoms with van der Waals surface area (Å²) in [7, 11) is 1.89. The molecule has 94 valence electrons. The summed E-state index contributed by atoms with van der Waals surface area (Å²) in [5.41, 5.74) is 0. The Labute approximate surface area is 106 Å². The first-order valence-electron chi connectivity index (χ1n) is 6.09. The molecule has 1 aromatic rings. The highest BCUT2D eigenvalue weighted by atomic mass is 35.5. The lowest BCUT2D eigenvalue weighted by molar-refractivity contribution is 0.530. The highest BCUT2D eigenvalue weighted by Crippen LogP contribution is 2.26. The van der Waals surface area contributed by atoms with Gasteiger partial charge in [-0.25, -0.2) is 9.37 Å². The van der Waals surface area contributed by atoms with Gasteiger partial charge in [0.1, 0.15) is 0 Å². The molecular formula is C12H17ClFN3. The fourth-order valence-electron chi connectivity index (χ4n) is 2.40. The van der Waals surface area contributed by atoms with E-state index in [1.807, 2.05) is 11.9 Å². The van der Waals surface area contributed by atoms with Gasteiger partial charge in [-0.15, -0.1) is 0 Å². The smallest absolute Gasteiger partial charge is 0.224 e. The Morgan fingerprint density at radius 1 is 1.29 bits per heavy atom. The number of halogens is 2. The lowest BCUT2D eigenvalue weighted by Gasteiger charge is -2.28. The molecule has 0 unspecified atom stereocenters. The summed E-state index contributed by atoms with van der Waals surface area (Å²) in [6.45, 7) is 0. The van der Waals surface area contributed by atoms with Crippen molar-refractivity contribution in [3.63, 3.8) is 0 Å². The zero-order chi connectivity index (χ0) is 12.3. The minimum absolute atomic E-state index is 0.0990. The van der Waals surface area contributed by atoms with Gasteiger partial charge in [0, 0.05) is 13.1 Å². The van der Waals surface area contributed by atoms with Crippen molar-refractivity contribution in [2.24, 2.45) is 0 Å². The predicted molar refractivity (Wildman–Crippen MR) is 66.9 cm³/mol. The molecule has 0 radical (unpaired) electrons. The molecule has 5 heteroatoms. The van der Waals surface area contributed by atoms with E-state index in [0.29, 0.717) is 11.9 Å². The summed E-state index contributed by atoms with van der Waals surface area (Å²) in [5.74, 6) is -0.0851. The van der Waals surface area contributed by atoms with Crippen LogP contribution in [0.25, 0.3) is 0 Å². The van der Waals surface area contributed by atoms with Crippen LogP contribution in [0.3, 0.4) is 0 Å². The van der Waals surface area contributed by atoms with E-state index in [4.69, 9.17) is 11.6 Å². The van der Waals surface area contributed by atoms with Crippen LogP contribution >= 0.6 is 11.6 Å². The van der Waals surface area contributed by atoms with Gasteiger partial charge in [-0.05, 0) is 24.4 Å². The maximum Gasteiger partial charge on any atom is 0.224 e. The summed E-state index contributed by atoms with van der Waals surface area (Å²) >= 11 is 5.72. The standard InChI is InChI=1S/C12H17ClFN3/c1-17(9-6-4-2-3-5-7-9)11-10(14)8-15-12(13)16-11/h8-9H,2-7H2,1H3. The average Bonchev–Trinajstić information content (AvgIpc) is 2.60. The van der Waals surface area contributed by atoms with E-state index in [1.165, 1.54) is 25.7 Å². The van der Waals surface area contributed by atoms with Crippen LogP contribution < -0.4 is 4.90 Å². The Bertz CT molecular complexity index is 378. The Kier molecular flexibility index (Phi) is 4.15. The Balaban J connectivity index is 2.16. The molecule has 0 N–H and O–H groups in total. The van der Waals surface area contributed by atoms with Crippen LogP contribution in [0.2, 0.25) is 5.28 Å². The number of aromatic nitrogens is 2. The first-order valence-corrected chi connectivity index (χ1v) is 6.47. The van der Waals surface area contributed by atoms with Crippen LogP contribution in [0.1, 0.15) is 38.5 Å². The molecule has 1 aliphatic carbocycles. The van der Waals surface area contributed by atoms with Gasteiger partial charge in [0.05, 0.1) is 6.20 Å². The minimum atomic E-state index is -0.402. The fraction of sp³-hybridized carbons (Fsp3) is 0.667. The molecule has 3 nitrogen and oxygen atoms in total. The molecule has 0 aliphatic heterocycles. The molecule has 1 aromatic heterocycles. The maximum absolute atomic E-state index is 13.7. The summed E-state index contributed by atoms with van der Waals surface area (Å²) in [5, 5.41) is 0.0990. The Hall–Kier alpha value is -0.900. The lowest BCUT2D eigenvalue weighted by Crippen LogP contribution is -2.32. The van der Waals surface area contributed by atoms with Gasteiger partial charge in [-0.3, -0.25) is 0 Å². The molecule has 17 heavy (non-hydrogen) atoms. The van der Waals surface area contributed by atoms with Crippen LogP contribution in [0.15, 0.2) is 6.20 Å². The number of hydrogen-bond donors (Lipinski definition) is 0. The zero-order valence-electron chi connectivity index (χ0n) is 9.99. The van der Waals surface area contributed by atoms with Gasteiger partial charge in [-0.1, -0.05) is 25.7 Å². The van der Waals surface area contributed by atoms with Gasteiger partial charge >= 0.3 is 0 Å². The molecule has 1 aliphatic rings. The molecule has 0 spiro atoms. The van der Waals surface area contributed by atoms with Gasteiger partial charge in [0.25, 0.3) is 0 Å². The summed E-state index contributed by atoms with van der Waals surface area (Å²) in [6.07, 6.45) is 8.28. The van der Waals surface area contributed by atoms with E-state index < -0.39 is 5.82 Å². The maximum atomic E-state index is 13.7. The third kappa shape index (κ3) is 3.06. The van der Waals surface area contributed by atoms with Crippen molar-refractivity contribution in [1.29, 1.82) is 0 Å². The van der Waals surface area contributed by atoms with E-state index in [0.717, 1.165) is 19.0 Å². The van der Waals surface area contributed by atoms with E-state index in [1.54, 1.807) is 0 Å². The highest BCUT2D eigenvalue weighted by Gasteiger charge is 2.21. The van der Waals surface area contributed by atoms with Crippen LogP contribution in [-0.2, 0) is 0 Å². The zero-order valence-corrected chi connectivity index (χ0v) is 10.8. The Morgan fingerprint density at radius 3 is 2.59 bits per heavy atom. The molecule has 2 rings (SSSR count). The normalized spacial score (nSPS) is 17.8. The molecular weight excluding hydrogens is 241 g/mol. The first-order chi connectivity index (χ1) is 8.18. The molecule has 1 heterocycles. The van der Waals surface area contributed by atoms with Gasteiger partial charge in [0.2, 0.25) is 5.28 Å². The molecule has 1 saturated carbocycles. The largest absolute Gasteiger partial charge is 0.354 e. The van der Waals surface area contributed by atoms with Crippen LogP contribution in [-0.4, -0.2) is 23.1 Å².